The number of phenolic OH excluding ortho intramolecular Hbond substituents is 1. The van der Waals surface area contributed by atoms with Gasteiger partial charge in [-0.05, 0) is 17.7 Å². The third kappa shape index (κ3) is 2.75. The molecule has 0 radical (unpaired) electrons. The van der Waals surface area contributed by atoms with Gasteiger partial charge in [-0.1, -0.05) is 36.4 Å². The molecule has 0 fully saturated rings. The van der Waals surface area contributed by atoms with Gasteiger partial charge in [-0.3, -0.25) is 20.6 Å². The van der Waals surface area contributed by atoms with Gasteiger partial charge in [0.05, 0.1) is 12.1 Å². The van der Waals surface area contributed by atoms with E-state index in [1.165, 1.54) is 17.1 Å². The second-order valence-corrected chi connectivity index (χ2v) is 4.55. The number of hydrogen-bond acceptors (Lipinski definition) is 3. The molecule has 0 saturated heterocycles. The lowest BCUT2D eigenvalue weighted by atomic mass is 10.1. The molecule has 1 amide bonds. The Bertz CT molecular complexity index is 703. The second-order valence-electron chi connectivity index (χ2n) is 4.55. The number of benzene rings is 2. The summed E-state index contributed by atoms with van der Waals surface area (Å²) < 4.78 is 0. The normalized spacial score (nSPS) is 12.6. The lowest BCUT2D eigenvalue weighted by Crippen LogP contribution is -2.42. The predicted octanol–water partition coefficient (Wildman–Crippen LogP) is 2.46. The molecule has 0 aromatic heterocycles. The molecule has 0 spiro atoms. The minimum Gasteiger partial charge on any atom is -0.507 e. The number of amidine groups is 1. The fourth-order valence-corrected chi connectivity index (χ4v) is 2.23. The van der Waals surface area contributed by atoms with Crippen LogP contribution in [0.4, 0.5) is 0 Å². The fraction of sp³-hybridized carbons (Fsp3) is 0.0667. The first-order valence-corrected chi connectivity index (χ1v) is 6.20. The van der Waals surface area contributed by atoms with E-state index in [0.29, 0.717) is 6.54 Å². The summed E-state index contributed by atoms with van der Waals surface area (Å²) >= 11 is 0. The molecule has 2 aromatic rings. The Morgan fingerprint density at radius 2 is 1.81 bits per heavy atom. The van der Waals surface area contributed by atoms with Crippen LogP contribution in [0.3, 0.4) is 0 Å². The highest BCUT2D eigenvalue weighted by Gasteiger charge is 2.25. The first-order chi connectivity index (χ1) is 9.66. The van der Waals surface area contributed by atoms with Crippen LogP contribution in [-0.4, -0.2) is 21.9 Å². The summed E-state index contributed by atoms with van der Waals surface area (Å²) in [5.74, 6) is -0.252. The Hall–Kier alpha value is -2.34. The van der Waals surface area contributed by atoms with E-state index in [1.54, 1.807) is 12.1 Å². The van der Waals surface area contributed by atoms with E-state index in [1.807, 2.05) is 24.3 Å². The average Bonchev–Trinajstić information content (AvgIpc) is 2.76. The molecule has 1 aliphatic rings. The Morgan fingerprint density at radius 1 is 1.14 bits per heavy atom. The summed E-state index contributed by atoms with van der Waals surface area (Å²) in [6.45, 7) is 0.453. The van der Waals surface area contributed by atoms with Crippen molar-refractivity contribution in [2.24, 2.45) is 0 Å². The Balaban J connectivity index is 0.00000161. The number of phenols is 1. The van der Waals surface area contributed by atoms with E-state index in [9.17, 15) is 9.90 Å². The number of nitrogens with zero attached hydrogens (tertiary/aromatic N) is 1. The molecule has 0 aliphatic carbocycles. The van der Waals surface area contributed by atoms with Crippen LogP contribution in [0.2, 0.25) is 0 Å². The van der Waals surface area contributed by atoms with Gasteiger partial charge >= 0.3 is 0 Å². The summed E-state index contributed by atoms with van der Waals surface area (Å²) in [6.07, 6.45) is 0. The van der Waals surface area contributed by atoms with Crippen LogP contribution in [0.15, 0.2) is 48.5 Å². The van der Waals surface area contributed by atoms with Gasteiger partial charge in [0.25, 0.3) is 5.91 Å². The number of fused-ring (bicyclic) bond motifs is 1. The van der Waals surface area contributed by atoms with Gasteiger partial charge in [-0.2, -0.15) is 0 Å². The highest BCUT2D eigenvalue weighted by Crippen LogP contribution is 2.21. The molecule has 3 N–H and O–H groups in total. The van der Waals surface area contributed by atoms with Crippen molar-refractivity contribution in [3.8, 4) is 5.75 Å². The van der Waals surface area contributed by atoms with Crippen molar-refractivity contribution in [2.75, 3.05) is 0 Å². The van der Waals surface area contributed by atoms with E-state index >= 15 is 0 Å². The molecule has 0 atom stereocenters. The molecule has 0 unspecified atom stereocenters. The minimum absolute atomic E-state index is 0. The number of para-hydroxylation sites is 1. The second kappa shape index (κ2) is 5.97. The summed E-state index contributed by atoms with van der Waals surface area (Å²) in [7, 11) is 0. The number of rotatable bonds is 2. The first-order valence-electron chi connectivity index (χ1n) is 6.20. The molecule has 0 bridgehead atoms. The largest absolute Gasteiger partial charge is 0.507 e. The summed E-state index contributed by atoms with van der Waals surface area (Å²) in [5, 5.41) is 19.2. The molecule has 108 valence electrons. The molecule has 6 heteroatoms. The van der Waals surface area contributed by atoms with Gasteiger partial charge in [-0.15, -0.1) is 17.0 Å². The molecule has 2 aromatic carbocycles. The zero-order chi connectivity index (χ0) is 14.1. The standard InChI is InChI=1S/C15H13N3O2.BrH/c16-14-11-6-2-1-5-10(11)9-18(14)17-15(20)12-7-3-4-8-13(12)19;/h1-8,16,19H,9H2,(H,17,20);1H. The summed E-state index contributed by atoms with van der Waals surface area (Å²) in [5.41, 5.74) is 4.64. The van der Waals surface area contributed by atoms with Crippen molar-refractivity contribution >= 4 is 28.7 Å². The van der Waals surface area contributed by atoms with Crippen molar-refractivity contribution in [3.05, 3.63) is 65.2 Å². The number of aromatic hydroxyl groups is 1. The Morgan fingerprint density at radius 3 is 2.52 bits per heavy atom. The molecular weight excluding hydrogens is 334 g/mol. The van der Waals surface area contributed by atoms with E-state index in [0.717, 1.165) is 11.1 Å². The van der Waals surface area contributed by atoms with Crippen molar-refractivity contribution in [3.63, 3.8) is 0 Å². The monoisotopic (exact) mass is 347 g/mol. The Kier molecular flexibility index (Phi) is 4.28. The van der Waals surface area contributed by atoms with E-state index in [-0.39, 0.29) is 34.1 Å². The summed E-state index contributed by atoms with van der Waals surface area (Å²) in [6, 6.07) is 13.9. The smallest absolute Gasteiger partial charge is 0.273 e. The maximum Gasteiger partial charge on any atom is 0.273 e. The molecule has 5 nitrogen and oxygen atoms in total. The first kappa shape index (κ1) is 15.1. The number of hydrazine groups is 1. The van der Waals surface area contributed by atoms with E-state index in [2.05, 4.69) is 5.43 Å². The van der Waals surface area contributed by atoms with Gasteiger partial charge in [0.2, 0.25) is 0 Å². The topological polar surface area (TPSA) is 76.4 Å². The maximum absolute atomic E-state index is 12.1. The molecule has 1 aliphatic heterocycles. The zero-order valence-electron chi connectivity index (χ0n) is 11.0. The van der Waals surface area contributed by atoms with E-state index < -0.39 is 5.91 Å². The summed E-state index contributed by atoms with van der Waals surface area (Å²) in [4.78, 5) is 12.1. The van der Waals surface area contributed by atoms with Crippen LogP contribution in [0.25, 0.3) is 0 Å². The van der Waals surface area contributed by atoms with Crippen LogP contribution in [0.1, 0.15) is 21.5 Å². The van der Waals surface area contributed by atoms with Crippen LogP contribution in [-0.2, 0) is 6.54 Å². The number of nitrogens with one attached hydrogen (secondary N) is 2. The minimum atomic E-state index is -0.430. The molecular formula is C15H14BrN3O2. The van der Waals surface area contributed by atoms with Gasteiger partial charge < -0.3 is 5.11 Å². The maximum atomic E-state index is 12.1. The van der Waals surface area contributed by atoms with Gasteiger partial charge in [-0.25, -0.2) is 0 Å². The van der Waals surface area contributed by atoms with Gasteiger partial charge in [0, 0.05) is 5.56 Å². The molecule has 21 heavy (non-hydrogen) atoms. The van der Waals surface area contributed by atoms with Gasteiger partial charge in [0.1, 0.15) is 11.6 Å². The fourth-order valence-electron chi connectivity index (χ4n) is 2.23. The molecule has 3 rings (SSSR count). The van der Waals surface area contributed by atoms with E-state index in [4.69, 9.17) is 5.41 Å². The van der Waals surface area contributed by atoms with Crippen LogP contribution in [0, 0.1) is 5.41 Å². The quantitative estimate of drug-likeness (QED) is 0.780. The predicted molar refractivity (Wildman–Crippen MR) is 84.7 cm³/mol. The SMILES string of the molecule is Br.N=C1c2ccccc2CN1NC(=O)c1ccccc1O. The number of carbonyl (C=O) groups excluding carboxylic acids is 1. The van der Waals surface area contributed by atoms with Crippen molar-refractivity contribution in [1.82, 2.24) is 10.4 Å². The highest BCUT2D eigenvalue weighted by atomic mass is 79.9. The lowest BCUT2D eigenvalue weighted by Gasteiger charge is -2.19. The number of hydrogen-bond donors (Lipinski definition) is 3. The lowest BCUT2D eigenvalue weighted by molar-refractivity contribution is 0.0866. The highest BCUT2D eigenvalue weighted by molar-refractivity contribution is 8.93. The number of amides is 1. The number of carbonyl (C=O) groups is 1. The molecule has 1 heterocycles. The third-order valence-corrected chi connectivity index (χ3v) is 3.26. The number of halogens is 1. The van der Waals surface area contributed by atoms with Crippen LogP contribution < -0.4 is 5.43 Å². The van der Waals surface area contributed by atoms with Crippen molar-refractivity contribution < 1.29 is 9.90 Å². The van der Waals surface area contributed by atoms with Crippen LogP contribution in [0.5, 0.6) is 5.75 Å². The van der Waals surface area contributed by atoms with Crippen molar-refractivity contribution in [1.29, 1.82) is 5.41 Å². The molecule has 0 saturated carbocycles. The zero-order valence-corrected chi connectivity index (χ0v) is 12.7. The van der Waals surface area contributed by atoms with Gasteiger partial charge in [0.15, 0.2) is 0 Å². The van der Waals surface area contributed by atoms with Crippen molar-refractivity contribution in [2.45, 2.75) is 6.54 Å². The average molecular weight is 348 g/mol. The Labute approximate surface area is 132 Å². The van der Waals surface area contributed by atoms with Crippen LogP contribution >= 0.6 is 17.0 Å². The third-order valence-electron chi connectivity index (χ3n) is 3.26.